The van der Waals surface area contributed by atoms with Crippen LogP contribution in [0.1, 0.15) is 23.0 Å². The summed E-state index contributed by atoms with van der Waals surface area (Å²) in [5.74, 6) is -0.370. The molecule has 156 valence electrons. The fraction of sp³-hybridized carbons (Fsp3) is 0.190. The molecule has 1 amide bonds. The smallest absolute Gasteiger partial charge is 0.344 e. The van der Waals surface area contributed by atoms with Crippen LogP contribution in [0.25, 0.3) is 11.0 Å². The molecule has 0 bridgehead atoms. The van der Waals surface area contributed by atoms with Crippen molar-refractivity contribution < 1.29 is 33.3 Å². The van der Waals surface area contributed by atoms with Crippen LogP contribution < -0.4 is 19.6 Å². The lowest BCUT2D eigenvalue weighted by molar-refractivity contribution is -0.144. The van der Waals surface area contributed by atoms with E-state index in [0.29, 0.717) is 22.6 Å². The third kappa shape index (κ3) is 4.52. The molecule has 30 heavy (non-hydrogen) atoms. The van der Waals surface area contributed by atoms with Gasteiger partial charge in [-0.15, -0.1) is 0 Å². The van der Waals surface area contributed by atoms with Gasteiger partial charge in [0.05, 0.1) is 20.4 Å². The first-order valence-corrected chi connectivity index (χ1v) is 8.90. The highest BCUT2D eigenvalue weighted by Crippen LogP contribution is 2.29. The van der Waals surface area contributed by atoms with Crippen molar-refractivity contribution in [3.05, 3.63) is 53.8 Å². The molecule has 0 aliphatic heterocycles. The van der Waals surface area contributed by atoms with Crippen LogP contribution in [0, 0.1) is 0 Å². The van der Waals surface area contributed by atoms with Gasteiger partial charge in [-0.05, 0) is 42.8 Å². The molecule has 0 fully saturated rings. The first-order valence-electron chi connectivity index (χ1n) is 8.90. The van der Waals surface area contributed by atoms with Crippen molar-refractivity contribution in [2.45, 2.75) is 13.0 Å². The largest absolute Gasteiger partial charge is 0.493 e. The van der Waals surface area contributed by atoms with Gasteiger partial charge in [0, 0.05) is 5.39 Å². The normalized spacial score (nSPS) is 12.0. The number of carbonyl (C=O) groups excluding carboxylic acids is 1. The number of hydrogen-bond acceptors (Lipinski definition) is 7. The minimum atomic E-state index is -1.09. The maximum atomic E-state index is 12.3. The van der Waals surface area contributed by atoms with Crippen molar-refractivity contribution in [3.8, 4) is 17.2 Å². The Morgan fingerprint density at radius 2 is 1.87 bits per heavy atom. The molecule has 2 N–H and O–H groups in total. The summed E-state index contributed by atoms with van der Waals surface area (Å²) in [6.07, 6.45) is 0.383. The molecule has 0 spiro atoms. The number of hydrazone groups is 1. The number of ether oxygens (including phenoxy) is 3. The highest BCUT2D eigenvalue weighted by molar-refractivity contribution is 5.97. The molecule has 3 aromatic rings. The van der Waals surface area contributed by atoms with Crippen molar-refractivity contribution in [1.82, 2.24) is 5.43 Å². The molecule has 9 nitrogen and oxygen atoms in total. The molecule has 0 radical (unpaired) electrons. The number of methoxy groups -OCH3 is 2. The molecule has 0 aliphatic rings. The number of benzene rings is 2. The Balaban J connectivity index is 1.70. The van der Waals surface area contributed by atoms with E-state index in [4.69, 9.17) is 23.7 Å². The number of para-hydroxylation sites is 1. The zero-order chi connectivity index (χ0) is 21.7. The molecule has 1 heterocycles. The molecule has 1 aromatic heterocycles. The quantitative estimate of drug-likeness (QED) is 0.431. The van der Waals surface area contributed by atoms with E-state index in [0.717, 1.165) is 5.39 Å². The van der Waals surface area contributed by atoms with Crippen molar-refractivity contribution in [2.24, 2.45) is 5.10 Å². The number of nitrogens with zero attached hydrogens (tertiary/aromatic N) is 1. The monoisotopic (exact) mass is 412 g/mol. The molecule has 3 rings (SSSR count). The van der Waals surface area contributed by atoms with Gasteiger partial charge in [0.1, 0.15) is 0 Å². The van der Waals surface area contributed by atoms with E-state index in [1.807, 2.05) is 6.07 Å². The van der Waals surface area contributed by atoms with Gasteiger partial charge in [-0.1, -0.05) is 12.1 Å². The number of fused-ring (bicyclic) bond motifs is 1. The molecular formula is C21H20N2O7. The third-order valence-corrected chi connectivity index (χ3v) is 4.17. The molecule has 1 atom stereocenters. The van der Waals surface area contributed by atoms with Gasteiger partial charge in [-0.2, -0.15) is 5.10 Å². The number of carboxylic acid groups (broad SMARTS) is 1. The third-order valence-electron chi connectivity index (χ3n) is 4.17. The van der Waals surface area contributed by atoms with Crippen molar-refractivity contribution in [2.75, 3.05) is 14.2 Å². The lowest BCUT2D eigenvalue weighted by atomic mass is 10.2. The molecule has 0 saturated heterocycles. The summed E-state index contributed by atoms with van der Waals surface area (Å²) in [5, 5.41) is 13.6. The predicted octanol–water partition coefficient (Wildman–Crippen LogP) is 3.07. The SMILES string of the molecule is COc1cc(/C=N\NC(=O)c2cc3cccc(OC)c3o2)ccc1O[C@@H](C)C(=O)O. The number of carboxylic acids is 1. The van der Waals surface area contributed by atoms with E-state index in [1.54, 1.807) is 36.4 Å². The van der Waals surface area contributed by atoms with Crippen LogP contribution in [-0.4, -0.2) is 43.5 Å². The van der Waals surface area contributed by atoms with E-state index >= 15 is 0 Å². The summed E-state index contributed by atoms with van der Waals surface area (Å²) in [6.45, 7) is 1.42. The Hall–Kier alpha value is -4.01. The average Bonchev–Trinajstić information content (AvgIpc) is 3.19. The number of rotatable bonds is 8. The minimum absolute atomic E-state index is 0.0932. The van der Waals surface area contributed by atoms with Crippen LogP contribution in [0.4, 0.5) is 0 Å². The topological polar surface area (TPSA) is 120 Å². The highest BCUT2D eigenvalue weighted by atomic mass is 16.5. The van der Waals surface area contributed by atoms with E-state index in [9.17, 15) is 9.59 Å². The summed E-state index contributed by atoms with van der Waals surface area (Å²) in [5.41, 5.74) is 3.47. The van der Waals surface area contributed by atoms with E-state index in [2.05, 4.69) is 10.5 Å². The minimum Gasteiger partial charge on any atom is -0.493 e. The average molecular weight is 412 g/mol. The second kappa shape index (κ2) is 8.99. The highest BCUT2D eigenvalue weighted by Gasteiger charge is 2.16. The van der Waals surface area contributed by atoms with E-state index in [1.165, 1.54) is 27.4 Å². The van der Waals surface area contributed by atoms with Gasteiger partial charge in [0.15, 0.2) is 34.7 Å². The van der Waals surface area contributed by atoms with Crippen LogP contribution in [0.5, 0.6) is 17.2 Å². The number of aliphatic carboxylic acids is 1. The van der Waals surface area contributed by atoms with E-state index in [-0.39, 0.29) is 11.5 Å². The molecule has 9 heteroatoms. The summed E-state index contributed by atoms with van der Waals surface area (Å²) >= 11 is 0. The fourth-order valence-electron chi connectivity index (χ4n) is 2.63. The lowest BCUT2D eigenvalue weighted by Crippen LogP contribution is -2.23. The Kier molecular flexibility index (Phi) is 6.21. The fourth-order valence-corrected chi connectivity index (χ4v) is 2.63. The first-order chi connectivity index (χ1) is 14.4. The number of nitrogens with one attached hydrogen (secondary N) is 1. The number of amides is 1. The summed E-state index contributed by atoms with van der Waals surface area (Å²) in [7, 11) is 2.96. The first kappa shape index (κ1) is 20.7. The number of hydrogen-bond donors (Lipinski definition) is 2. The van der Waals surface area contributed by atoms with Crippen LogP contribution >= 0.6 is 0 Å². The zero-order valence-electron chi connectivity index (χ0n) is 16.5. The summed E-state index contributed by atoms with van der Waals surface area (Å²) in [4.78, 5) is 23.3. The second-order valence-corrected chi connectivity index (χ2v) is 6.20. The molecule has 0 aliphatic carbocycles. The second-order valence-electron chi connectivity index (χ2n) is 6.20. The molecular weight excluding hydrogens is 392 g/mol. The van der Waals surface area contributed by atoms with Crippen LogP contribution in [0.15, 0.2) is 52.0 Å². The Morgan fingerprint density at radius 3 is 2.57 bits per heavy atom. The van der Waals surface area contributed by atoms with Gasteiger partial charge >= 0.3 is 11.9 Å². The van der Waals surface area contributed by atoms with Gasteiger partial charge in [0.2, 0.25) is 0 Å². The molecule has 0 unspecified atom stereocenters. The maximum Gasteiger partial charge on any atom is 0.344 e. The Bertz CT molecular complexity index is 1100. The predicted molar refractivity (Wildman–Crippen MR) is 109 cm³/mol. The Morgan fingerprint density at radius 1 is 1.10 bits per heavy atom. The Labute approximate surface area is 171 Å². The van der Waals surface area contributed by atoms with Gasteiger partial charge < -0.3 is 23.7 Å². The van der Waals surface area contributed by atoms with Crippen LogP contribution in [0.3, 0.4) is 0 Å². The maximum absolute atomic E-state index is 12.3. The number of carbonyl (C=O) groups is 2. The zero-order valence-corrected chi connectivity index (χ0v) is 16.5. The van der Waals surface area contributed by atoms with Crippen LogP contribution in [0.2, 0.25) is 0 Å². The summed E-state index contributed by atoms with van der Waals surface area (Å²) < 4.78 is 21.4. The van der Waals surface area contributed by atoms with Gasteiger partial charge in [-0.3, -0.25) is 4.79 Å². The standard InChI is InChI=1S/C21H20N2O7/c1-12(21(25)26)29-15-8-7-13(9-17(15)28-3)11-22-23-20(24)18-10-14-5-4-6-16(27-2)19(14)30-18/h4-12H,1-3H3,(H,23,24)(H,25,26)/b22-11-/t12-/m0/s1. The number of furan rings is 1. The lowest BCUT2D eigenvalue weighted by Gasteiger charge is -2.13. The van der Waals surface area contributed by atoms with Crippen molar-refractivity contribution in [3.63, 3.8) is 0 Å². The summed E-state index contributed by atoms with van der Waals surface area (Å²) in [6, 6.07) is 11.8. The van der Waals surface area contributed by atoms with Crippen LogP contribution in [-0.2, 0) is 4.79 Å². The van der Waals surface area contributed by atoms with E-state index < -0.39 is 18.0 Å². The van der Waals surface area contributed by atoms with Crippen molar-refractivity contribution in [1.29, 1.82) is 0 Å². The molecule has 0 saturated carbocycles. The molecule has 2 aromatic carbocycles. The van der Waals surface area contributed by atoms with Gasteiger partial charge in [0.25, 0.3) is 0 Å². The van der Waals surface area contributed by atoms with Gasteiger partial charge in [-0.25, -0.2) is 10.2 Å². The van der Waals surface area contributed by atoms with Crippen molar-refractivity contribution >= 4 is 29.1 Å².